The summed E-state index contributed by atoms with van der Waals surface area (Å²) in [6, 6.07) is 22.1. The topological polar surface area (TPSA) is 59.3 Å². The van der Waals surface area contributed by atoms with Gasteiger partial charge in [-0.15, -0.1) is 0 Å². The second kappa shape index (κ2) is 8.04. The van der Waals surface area contributed by atoms with Crippen molar-refractivity contribution in [1.29, 1.82) is 0 Å². The first-order chi connectivity index (χ1) is 13.5. The lowest BCUT2D eigenvalue weighted by molar-refractivity contribution is 0.102. The van der Waals surface area contributed by atoms with Crippen LogP contribution in [0.25, 0.3) is 22.1 Å². The quantitative estimate of drug-likeness (QED) is 0.237. The fourth-order valence-corrected chi connectivity index (χ4v) is 3.94. The van der Waals surface area contributed by atoms with Crippen molar-refractivity contribution >= 4 is 67.7 Å². The minimum Gasteiger partial charge on any atom is -0.422 e. The lowest BCUT2D eigenvalue weighted by atomic mass is 10.1. The molecule has 4 aromatic rings. The number of benzene rings is 3. The van der Waals surface area contributed by atoms with Gasteiger partial charge < -0.3 is 9.73 Å². The normalized spacial score (nSPS) is 10.8. The Morgan fingerprint density at radius 3 is 2.43 bits per heavy atom. The second-order valence-corrected chi connectivity index (χ2v) is 8.55. The van der Waals surface area contributed by atoms with Gasteiger partial charge in [-0.05, 0) is 93.2 Å². The molecule has 6 heteroatoms. The lowest BCUT2D eigenvalue weighted by Crippen LogP contribution is -2.13. The van der Waals surface area contributed by atoms with Crippen LogP contribution in [0.1, 0.15) is 10.4 Å². The molecule has 0 fully saturated rings. The Bertz CT molecular complexity index is 1250. The summed E-state index contributed by atoms with van der Waals surface area (Å²) in [4.78, 5) is 24.9. The Kier molecular flexibility index (Phi) is 5.49. The Hall–Kier alpha value is -2.20. The summed E-state index contributed by atoms with van der Waals surface area (Å²) < 4.78 is 7.29. The summed E-state index contributed by atoms with van der Waals surface area (Å²) in [5.74, 6) is -0.166. The highest BCUT2D eigenvalue weighted by molar-refractivity contribution is 14.1. The van der Waals surface area contributed by atoms with E-state index in [9.17, 15) is 9.59 Å². The molecule has 0 atom stereocenters. The molecule has 0 aliphatic carbocycles. The molecule has 0 spiro atoms. The standard InChI is InChI=1S/C22H13I2NO3/c23-15-7-10-19(24)18(12-15)21(26)25-16-8-5-13(6-9-16)17-11-14-3-1-2-4-20(14)28-22(17)27/h1-12H,(H,25,26). The third-order valence-corrected chi connectivity index (χ3v) is 5.88. The SMILES string of the molecule is O=C(Nc1ccc(-c2cc3ccccc3oc2=O)cc1)c1cc(I)ccc1I. The van der Waals surface area contributed by atoms with E-state index in [0.29, 0.717) is 22.4 Å². The fourth-order valence-electron chi connectivity index (χ4n) is 2.87. The van der Waals surface area contributed by atoms with Crippen molar-refractivity contribution < 1.29 is 9.21 Å². The molecule has 28 heavy (non-hydrogen) atoms. The van der Waals surface area contributed by atoms with Gasteiger partial charge in [0, 0.05) is 18.2 Å². The molecule has 4 rings (SSSR count). The summed E-state index contributed by atoms with van der Waals surface area (Å²) in [6.45, 7) is 0. The van der Waals surface area contributed by atoms with Crippen LogP contribution in [-0.4, -0.2) is 5.91 Å². The smallest absolute Gasteiger partial charge is 0.344 e. The van der Waals surface area contributed by atoms with Gasteiger partial charge in [-0.1, -0.05) is 30.3 Å². The van der Waals surface area contributed by atoms with Gasteiger partial charge in [-0.3, -0.25) is 4.79 Å². The van der Waals surface area contributed by atoms with E-state index >= 15 is 0 Å². The number of halogens is 2. The number of para-hydroxylation sites is 1. The second-order valence-electron chi connectivity index (χ2n) is 6.14. The number of carbonyl (C=O) groups is 1. The van der Waals surface area contributed by atoms with Gasteiger partial charge in [0.15, 0.2) is 0 Å². The van der Waals surface area contributed by atoms with Crippen LogP contribution in [0.3, 0.4) is 0 Å². The average Bonchev–Trinajstić information content (AvgIpc) is 2.70. The highest BCUT2D eigenvalue weighted by atomic mass is 127. The zero-order valence-electron chi connectivity index (χ0n) is 14.4. The molecule has 4 nitrogen and oxygen atoms in total. The molecule has 0 aliphatic rings. The molecule has 0 saturated carbocycles. The molecule has 1 heterocycles. The van der Waals surface area contributed by atoms with E-state index in [0.717, 1.165) is 18.1 Å². The van der Waals surface area contributed by atoms with E-state index in [1.165, 1.54) is 0 Å². The van der Waals surface area contributed by atoms with Crippen LogP contribution in [0.4, 0.5) is 5.69 Å². The van der Waals surface area contributed by atoms with Crippen molar-refractivity contribution in [1.82, 2.24) is 0 Å². The number of nitrogens with one attached hydrogen (secondary N) is 1. The average molecular weight is 593 g/mol. The summed E-state index contributed by atoms with van der Waals surface area (Å²) >= 11 is 4.33. The number of amides is 1. The predicted molar refractivity (Wildman–Crippen MR) is 128 cm³/mol. The molecule has 0 unspecified atom stereocenters. The van der Waals surface area contributed by atoms with Crippen LogP contribution >= 0.6 is 45.2 Å². The number of rotatable bonds is 3. The maximum atomic E-state index is 12.6. The highest BCUT2D eigenvalue weighted by Gasteiger charge is 2.12. The monoisotopic (exact) mass is 593 g/mol. The predicted octanol–water partition coefficient (Wildman–Crippen LogP) is 5.92. The molecule has 0 aliphatic heterocycles. The Labute approximate surface area is 188 Å². The molecule has 0 saturated heterocycles. The number of hydrogen-bond acceptors (Lipinski definition) is 3. The van der Waals surface area contributed by atoms with E-state index in [1.807, 2.05) is 42.5 Å². The molecule has 1 aromatic heterocycles. The summed E-state index contributed by atoms with van der Waals surface area (Å²) in [5, 5.41) is 3.76. The van der Waals surface area contributed by atoms with Crippen LogP contribution < -0.4 is 10.9 Å². The van der Waals surface area contributed by atoms with Crippen LogP contribution in [-0.2, 0) is 0 Å². The zero-order valence-corrected chi connectivity index (χ0v) is 18.7. The number of anilines is 1. The first-order valence-corrected chi connectivity index (χ1v) is 10.6. The Morgan fingerprint density at radius 1 is 0.893 bits per heavy atom. The minimum atomic E-state index is -0.385. The van der Waals surface area contributed by atoms with Crippen LogP contribution in [0.15, 0.2) is 82.0 Å². The molecule has 1 N–H and O–H groups in total. The molecule has 138 valence electrons. The van der Waals surface area contributed by atoms with Gasteiger partial charge in [0.2, 0.25) is 0 Å². The van der Waals surface area contributed by atoms with Crippen molar-refractivity contribution in [3.8, 4) is 11.1 Å². The molecular formula is C22H13I2NO3. The largest absolute Gasteiger partial charge is 0.422 e. The van der Waals surface area contributed by atoms with E-state index in [-0.39, 0.29) is 11.5 Å². The molecular weight excluding hydrogens is 580 g/mol. The molecule has 3 aromatic carbocycles. The summed E-state index contributed by atoms with van der Waals surface area (Å²) in [5.41, 5.74) is 2.70. The summed E-state index contributed by atoms with van der Waals surface area (Å²) in [6.07, 6.45) is 0. The van der Waals surface area contributed by atoms with Crippen LogP contribution in [0.5, 0.6) is 0 Å². The third-order valence-electron chi connectivity index (χ3n) is 4.27. The van der Waals surface area contributed by atoms with Crippen molar-refractivity contribution in [2.75, 3.05) is 5.32 Å². The van der Waals surface area contributed by atoms with Gasteiger partial charge >= 0.3 is 5.63 Å². The zero-order chi connectivity index (χ0) is 19.7. The van der Waals surface area contributed by atoms with Crippen LogP contribution in [0.2, 0.25) is 0 Å². The number of fused-ring (bicyclic) bond motifs is 1. The van der Waals surface area contributed by atoms with Crippen molar-refractivity contribution in [2.45, 2.75) is 0 Å². The Balaban J connectivity index is 1.61. The van der Waals surface area contributed by atoms with Crippen molar-refractivity contribution in [3.63, 3.8) is 0 Å². The first-order valence-electron chi connectivity index (χ1n) is 8.41. The van der Waals surface area contributed by atoms with E-state index in [2.05, 4.69) is 50.5 Å². The number of carbonyl (C=O) groups excluding carboxylic acids is 1. The first kappa shape index (κ1) is 19.1. The van der Waals surface area contributed by atoms with Gasteiger partial charge in [0.25, 0.3) is 5.91 Å². The fraction of sp³-hybridized carbons (Fsp3) is 0. The van der Waals surface area contributed by atoms with Crippen LogP contribution in [0, 0.1) is 7.14 Å². The Morgan fingerprint density at radius 2 is 1.64 bits per heavy atom. The highest BCUT2D eigenvalue weighted by Crippen LogP contribution is 2.23. The maximum absolute atomic E-state index is 12.6. The maximum Gasteiger partial charge on any atom is 0.344 e. The van der Waals surface area contributed by atoms with E-state index in [1.54, 1.807) is 30.3 Å². The molecule has 0 radical (unpaired) electrons. The van der Waals surface area contributed by atoms with Gasteiger partial charge in [0.1, 0.15) is 5.58 Å². The minimum absolute atomic E-state index is 0.166. The van der Waals surface area contributed by atoms with E-state index < -0.39 is 0 Å². The van der Waals surface area contributed by atoms with Gasteiger partial charge in [0.05, 0.1) is 11.1 Å². The lowest BCUT2D eigenvalue weighted by Gasteiger charge is -2.09. The van der Waals surface area contributed by atoms with Crippen molar-refractivity contribution in [3.05, 3.63) is 95.9 Å². The van der Waals surface area contributed by atoms with Gasteiger partial charge in [-0.25, -0.2) is 4.79 Å². The van der Waals surface area contributed by atoms with E-state index in [4.69, 9.17) is 4.42 Å². The molecule has 0 bridgehead atoms. The van der Waals surface area contributed by atoms with Gasteiger partial charge in [-0.2, -0.15) is 0 Å². The third kappa shape index (κ3) is 3.97. The van der Waals surface area contributed by atoms with Crippen molar-refractivity contribution in [2.24, 2.45) is 0 Å². The summed E-state index contributed by atoms with van der Waals surface area (Å²) in [7, 11) is 0. The molecule has 1 amide bonds. The number of hydrogen-bond donors (Lipinski definition) is 1.